The highest BCUT2D eigenvalue weighted by molar-refractivity contribution is 7.71. The Balaban J connectivity index is 2.15. The van der Waals surface area contributed by atoms with Crippen LogP contribution in [0.5, 0.6) is 0 Å². The Hall–Kier alpha value is -1.73. The van der Waals surface area contributed by atoms with Crippen LogP contribution in [0.2, 0.25) is 5.02 Å². The van der Waals surface area contributed by atoms with Crippen LogP contribution in [0.4, 0.5) is 4.39 Å². The van der Waals surface area contributed by atoms with Gasteiger partial charge in [0.15, 0.2) is 10.6 Å². The van der Waals surface area contributed by atoms with Gasteiger partial charge in [0.1, 0.15) is 5.82 Å². The summed E-state index contributed by atoms with van der Waals surface area (Å²) in [5, 5.41) is 3.84. The van der Waals surface area contributed by atoms with Crippen LogP contribution < -0.4 is 0 Å². The Morgan fingerprint density at radius 3 is 3.00 bits per heavy atom. The van der Waals surface area contributed by atoms with Crippen molar-refractivity contribution in [1.82, 2.24) is 19.7 Å². The Morgan fingerprint density at radius 2 is 2.32 bits per heavy atom. The van der Waals surface area contributed by atoms with Crippen molar-refractivity contribution < 1.29 is 8.91 Å². The molecule has 2 aromatic heterocycles. The third-order valence-corrected chi connectivity index (χ3v) is 3.30. The van der Waals surface area contributed by atoms with Crippen LogP contribution in [0.15, 0.2) is 16.7 Å². The summed E-state index contributed by atoms with van der Waals surface area (Å²) >= 11 is 10.9. The fraction of sp³-hybridized carbons (Fsp3) is 0.182. The van der Waals surface area contributed by atoms with Gasteiger partial charge in [0.2, 0.25) is 5.89 Å². The van der Waals surface area contributed by atoms with Crippen molar-refractivity contribution in [2.45, 2.75) is 13.5 Å². The lowest BCUT2D eigenvalue weighted by Crippen LogP contribution is -2.01. The lowest BCUT2D eigenvalue weighted by atomic mass is 10.3. The van der Waals surface area contributed by atoms with Crippen LogP contribution in [0, 0.1) is 17.5 Å². The number of hydrogen-bond acceptors (Lipinski definition) is 4. The first kappa shape index (κ1) is 12.3. The Labute approximate surface area is 117 Å². The number of nitrogens with one attached hydrogen (secondary N) is 1. The largest absolute Gasteiger partial charge is 0.340 e. The maximum Gasteiger partial charge on any atom is 0.223 e. The smallest absolute Gasteiger partial charge is 0.223 e. The summed E-state index contributed by atoms with van der Waals surface area (Å²) < 4.78 is 20.6. The summed E-state index contributed by atoms with van der Waals surface area (Å²) in [6, 6.07) is 2.83. The molecule has 98 valence electrons. The minimum absolute atomic E-state index is 0.0475. The molecule has 0 aliphatic heterocycles. The fourth-order valence-electron chi connectivity index (χ4n) is 1.86. The summed E-state index contributed by atoms with van der Waals surface area (Å²) in [4.78, 5) is 7.06. The fourth-order valence-corrected chi connectivity index (χ4v) is 2.29. The van der Waals surface area contributed by atoms with E-state index in [2.05, 4.69) is 15.1 Å². The SMILES string of the molecule is Cc1nc(Cn2c(=S)[nH]c3cc(Cl)c(F)cc32)no1. The van der Waals surface area contributed by atoms with Crippen molar-refractivity contribution in [1.29, 1.82) is 0 Å². The zero-order chi connectivity index (χ0) is 13.6. The summed E-state index contributed by atoms with van der Waals surface area (Å²) in [6.07, 6.45) is 0. The highest BCUT2D eigenvalue weighted by Crippen LogP contribution is 2.23. The first-order valence-corrected chi connectivity index (χ1v) is 6.20. The molecule has 2 heterocycles. The predicted octanol–water partition coefficient (Wildman–Crippen LogP) is 3.23. The molecule has 0 radical (unpaired) electrons. The minimum Gasteiger partial charge on any atom is -0.340 e. The second-order valence-electron chi connectivity index (χ2n) is 4.03. The third-order valence-electron chi connectivity index (χ3n) is 2.69. The molecule has 3 rings (SSSR count). The first-order chi connectivity index (χ1) is 9.04. The molecule has 3 aromatic rings. The average Bonchev–Trinajstić information content (AvgIpc) is 2.87. The van der Waals surface area contributed by atoms with Crippen LogP contribution >= 0.6 is 23.8 Å². The van der Waals surface area contributed by atoms with Crippen LogP contribution in [-0.2, 0) is 6.54 Å². The summed E-state index contributed by atoms with van der Waals surface area (Å²) in [7, 11) is 0. The maximum atomic E-state index is 13.5. The molecule has 0 aliphatic carbocycles. The van der Waals surface area contributed by atoms with E-state index in [0.29, 0.717) is 34.1 Å². The second kappa shape index (κ2) is 4.43. The molecule has 0 bridgehead atoms. The highest BCUT2D eigenvalue weighted by atomic mass is 35.5. The average molecular weight is 299 g/mol. The monoisotopic (exact) mass is 298 g/mol. The van der Waals surface area contributed by atoms with Gasteiger partial charge >= 0.3 is 0 Å². The minimum atomic E-state index is -0.499. The molecule has 1 N–H and O–H groups in total. The van der Waals surface area contributed by atoms with E-state index in [0.717, 1.165) is 0 Å². The van der Waals surface area contributed by atoms with Gasteiger partial charge < -0.3 is 14.1 Å². The number of aryl methyl sites for hydroxylation is 1. The van der Waals surface area contributed by atoms with Crippen molar-refractivity contribution in [3.8, 4) is 0 Å². The zero-order valence-electron chi connectivity index (χ0n) is 9.78. The number of fused-ring (bicyclic) bond motifs is 1. The van der Waals surface area contributed by atoms with Crippen LogP contribution in [0.3, 0.4) is 0 Å². The molecule has 8 heteroatoms. The van der Waals surface area contributed by atoms with Crippen LogP contribution in [0.1, 0.15) is 11.7 Å². The van der Waals surface area contributed by atoms with Gasteiger partial charge in [0.05, 0.1) is 22.6 Å². The standard InChI is InChI=1S/C11H8ClFN4OS/c1-5-14-10(16-18-5)4-17-9-3-7(13)6(12)2-8(9)15-11(17)19/h2-3H,4H2,1H3,(H,15,19). The molecular weight excluding hydrogens is 291 g/mol. The van der Waals surface area contributed by atoms with Crippen molar-refractivity contribution in [2.24, 2.45) is 0 Å². The van der Waals surface area contributed by atoms with Gasteiger partial charge in [0.25, 0.3) is 0 Å². The highest BCUT2D eigenvalue weighted by Gasteiger charge is 2.11. The first-order valence-electron chi connectivity index (χ1n) is 5.41. The van der Waals surface area contributed by atoms with Gasteiger partial charge in [-0.1, -0.05) is 16.8 Å². The number of aromatic amines is 1. The molecule has 0 saturated carbocycles. The molecule has 19 heavy (non-hydrogen) atoms. The topological polar surface area (TPSA) is 59.6 Å². The molecule has 0 amide bonds. The van der Waals surface area contributed by atoms with E-state index >= 15 is 0 Å². The number of imidazole rings is 1. The Morgan fingerprint density at radius 1 is 1.53 bits per heavy atom. The van der Waals surface area contributed by atoms with E-state index in [1.54, 1.807) is 11.5 Å². The molecule has 0 saturated heterocycles. The number of rotatable bonds is 2. The van der Waals surface area contributed by atoms with E-state index in [1.165, 1.54) is 12.1 Å². The summed E-state index contributed by atoms with van der Waals surface area (Å²) in [5.74, 6) is 0.446. The lowest BCUT2D eigenvalue weighted by molar-refractivity contribution is 0.386. The number of benzene rings is 1. The van der Waals surface area contributed by atoms with Gasteiger partial charge in [-0.05, 0) is 18.3 Å². The normalized spacial score (nSPS) is 11.3. The quantitative estimate of drug-likeness (QED) is 0.738. The summed E-state index contributed by atoms with van der Waals surface area (Å²) in [5.41, 5.74) is 1.27. The molecular formula is C11H8ClFN4OS. The van der Waals surface area contributed by atoms with Crippen molar-refractivity contribution in [3.05, 3.63) is 39.5 Å². The second-order valence-corrected chi connectivity index (χ2v) is 4.82. The van der Waals surface area contributed by atoms with Gasteiger partial charge in [-0.25, -0.2) is 4.39 Å². The maximum absolute atomic E-state index is 13.5. The third kappa shape index (κ3) is 2.15. The number of halogens is 2. The van der Waals surface area contributed by atoms with Gasteiger partial charge in [-0.15, -0.1) is 0 Å². The molecule has 0 aliphatic rings. The van der Waals surface area contributed by atoms with Gasteiger partial charge in [-0.2, -0.15) is 4.98 Å². The van der Waals surface area contributed by atoms with E-state index in [1.807, 2.05) is 0 Å². The van der Waals surface area contributed by atoms with Crippen LogP contribution in [0.25, 0.3) is 11.0 Å². The van der Waals surface area contributed by atoms with Crippen molar-refractivity contribution >= 4 is 34.9 Å². The van der Waals surface area contributed by atoms with E-state index < -0.39 is 5.82 Å². The van der Waals surface area contributed by atoms with E-state index in [9.17, 15) is 4.39 Å². The molecule has 1 aromatic carbocycles. The summed E-state index contributed by atoms with van der Waals surface area (Å²) in [6.45, 7) is 2.00. The number of hydrogen-bond donors (Lipinski definition) is 1. The Kier molecular flexibility index (Phi) is 2.87. The number of aromatic nitrogens is 4. The van der Waals surface area contributed by atoms with Crippen LogP contribution in [-0.4, -0.2) is 19.7 Å². The van der Waals surface area contributed by atoms with Crippen molar-refractivity contribution in [3.63, 3.8) is 0 Å². The van der Waals surface area contributed by atoms with Gasteiger partial charge in [0, 0.05) is 13.0 Å². The molecule has 0 fully saturated rings. The number of nitrogens with zero attached hydrogens (tertiary/aromatic N) is 3. The molecule has 0 atom stereocenters. The molecule has 0 unspecified atom stereocenters. The van der Waals surface area contributed by atoms with E-state index in [4.69, 9.17) is 28.3 Å². The van der Waals surface area contributed by atoms with Gasteiger partial charge in [-0.3, -0.25) is 0 Å². The van der Waals surface area contributed by atoms with Crippen molar-refractivity contribution in [2.75, 3.05) is 0 Å². The molecule has 5 nitrogen and oxygen atoms in total. The lowest BCUT2D eigenvalue weighted by Gasteiger charge is -2.01. The Bertz CT molecular complexity index is 822. The van der Waals surface area contributed by atoms with E-state index in [-0.39, 0.29) is 5.02 Å². The zero-order valence-corrected chi connectivity index (χ0v) is 11.3. The predicted molar refractivity (Wildman–Crippen MR) is 70.2 cm³/mol. The molecule has 0 spiro atoms. The number of H-pyrrole nitrogens is 1.